The molecule has 0 saturated carbocycles. The molecule has 0 aliphatic carbocycles. The number of aliphatic carboxylic acids is 1. The number of hydrogen-bond donors (Lipinski definition) is 2. The number of carbonyl (C=O) groups excluding carboxylic acids is 1. The molecule has 0 saturated heterocycles. The first kappa shape index (κ1) is 16.7. The Morgan fingerprint density at radius 3 is 2.35 bits per heavy atom. The van der Waals surface area contributed by atoms with Crippen LogP contribution in [-0.4, -0.2) is 27.5 Å². The van der Waals surface area contributed by atoms with E-state index in [0.29, 0.717) is 24.2 Å². The molecule has 0 unspecified atom stereocenters. The van der Waals surface area contributed by atoms with Crippen molar-refractivity contribution in [2.45, 2.75) is 38.6 Å². The average molecular weight is 316 g/mol. The molecule has 0 spiro atoms. The standard InChI is InChI=1S/C17H20N2O4/c1-3-17(4-2,9-15(20)21)19-16(22)13-7-5-12(6-8-13)14-10-18-11-23-14/h5-8,10-11H,3-4,9H2,1-2H3,(H,19,22)(H,20,21). The zero-order chi connectivity index (χ0) is 16.9. The van der Waals surface area contributed by atoms with Crippen molar-refractivity contribution in [3.63, 3.8) is 0 Å². The number of carboxylic acids is 1. The first-order valence-corrected chi connectivity index (χ1v) is 7.53. The zero-order valence-corrected chi connectivity index (χ0v) is 13.2. The Bertz CT molecular complexity index is 658. The van der Waals surface area contributed by atoms with Crippen LogP contribution >= 0.6 is 0 Å². The molecular weight excluding hydrogens is 296 g/mol. The highest BCUT2D eigenvalue weighted by Gasteiger charge is 2.31. The number of hydrogen-bond acceptors (Lipinski definition) is 4. The lowest BCUT2D eigenvalue weighted by atomic mass is 9.88. The molecule has 0 bridgehead atoms. The topological polar surface area (TPSA) is 92.4 Å². The largest absolute Gasteiger partial charge is 0.481 e. The van der Waals surface area contributed by atoms with Crippen LogP contribution in [0.3, 0.4) is 0 Å². The highest BCUT2D eigenvalue weighted by atomic mass is 16.4. The summed E-state index contributed by atoms with van der Waals surface area (Å²) in [6.45, 7) is 3.75. The predicted molar refractivity (Wildman–Crippen MR) is 85.0 cm³/mol. The smallest absolute Gasteiger partial charge is 0.305 e. The van der Waals surface area contributed by atoms with Gasteiger partial charge in [-0.25, -0.2) is 4.98 Å². The minimum Gasteiger partial charge on any atom is -0.481 e. The molecule has 6 heteroatoms. The summed E-state index contributed by atoms with van der Waals surface area (Å²) in [5, 5.41) is 11.9. The Morgan fingerprint density at radius 2 is 1.87 bits per heavy atom. The SMILES string of the molecule is CCC(CC)(CC(=O)O)NC(=O)c1ccc(-c2cnco2)cc1. The summed E-state index contributed by atoms with van der Waals surface area (Å²) >= 11 is 0. The molecule has 23 heavy (non-hydrogen) atoms. The Kier molecular flexibility index (Phi) is 5.16. The Morgan fingerprint density at radius 1 is 1.22 bits per heavy atom. The fraction of sp³-hybridized carbons (Fsp3) is 0.353. The van der Waals surface area contributed by atoms with Gasteiger partial charge in [-0.05, 0) is 25.0 Å². The Balaban J connectivity index is 2.14. The first-order valence-electron chi connectivity index (χ1n) is 7.53. The summed E-state index contributed by atoms with van der Waals surface area (Å²) in [5.41, 5.74) is 0.568. The number of nitrogens with zero attached hydrogens (tertiary/aromatic N) is 1. The highest BCUT2D eigenvalue weighted by molar-refractivity contribution is 5.95. The van der Waals surface area contributed by atoms with Gasteiger partial charge in [0.25, 0.3) is 5.91 Å². The Labute approximate surface area is 134 Å². The second kappa shape index (κ2) is 7.09. The van der Waals surface area contributed by atoms with Crippen LogP contribution in [-0.2, 0) is 4.79 Å². The van der Waals surface area contributed by atoms with E-state index in [-0.39, 0.29) is 12.3 Å². The maximum atomic E-state index is 12.4. The number of amides is 1. The fourth-order valence-corrected chi connectivity index (χ4v) is 2.47. The van der Waals surface area contributed by atoms with Gasteiger partial charge in [0.1, 0.15) is 0 Å². The van der Waals surface area contributed by atoms with Gasteiger partial charge in [0, 0.05) is 11.1 Å². The summed E-state index contributed by atoms with van der Waals surface area (Å²) in [4.78, 5) is 27.3. The van der Waals surface area contributed by atoms with Crippen molar-refractivity contribution < 1.29 is 19.1 Å². The minimum atomic E-state index is -0.922. The molecule has 0 aliphatic rings. The van der Waals surface area contributed by atoms with Crippen LogP contribution in [0.25, 0.3) is 11.3 Å². The molecule has 0 atom stereocenters. The number of carbonyl (C=O) groups is 2. The molecule has 0 radical (unpaired) electrons. The second-order valence-electron chi connectivity index (χ2n) is 5.46. The number of aromatic nitrogens is 1. The zero-order valence-electron chi connectivity index (χ0n) is 13.2. The fourth-order valence-electron chi connectivity index (χ4n) is 2.47. The maximum Gasteiger partial charge on any atom is 0.305 e. The van der Waals surface area contributed by atoms with Crippen LogP contribution in [0.5, 0.6) is 0 Å². The number of benzene rings is 1. The predicted octanol–water partition coefficient (Wildman–Crippen LogP) is 3.10. The molecule has 1 heterocycles. The lowest BCUT2D eigenvalue weighted by Gasteiger charge is -2.31. The normalized spacial score (nSPS) is 11.2. The van der Waals surface area contributed by atoms with Gasteiger partial charge < -0.3 is 14.8 Å². The quantitative estimate of drug-likeness (QED) is 0.818. The summed E-state index contributed by atoms with van der Waals surface area (Å²) in [5.74, 6) is -0.576. The van der Waals surface area contributed by atoms with Gasteiger partial charge in [-0.3, -0.25) is 9.59 Å². The molecule has 1 aromatic heterocycles. The molecule has 1 amide bonds. The number of carboxylic acid groups (broad SMARTS) is 1. The van der Waals surface area contributed by atoms with Crippen LogP contribution in [0.4, 0.5) is 0 Å². The number of oxazole rings is 1. The monoisotopic (exact) mass is 316 g/mol. The van der Waals surface area contributed by atoms with Gasteiger partial charge in [-0.2, -0.15) is 0 Å². The van der Waals surface area contributed by atoms with Gasteiger partial charge in [0.15, 0.2) is 12.2 Å². The molecule has 2 rings (SSSR count). The van der Waals surface area contributed by atoms with E-state index >= 15 is 0 Å². The van der Waals surface area contributed by atoms with Crippen molar-refractivity contribution in [3.05, 3.63) is 42.4 Å². The summed E-state index contributed by atoms with van der Waals surface area (Å²) in [7, 11) is 0. The van der Waals surface area contributed by atoms with E-state index in [1.54, 1.807) is 30.5 Å². The highest BCUT2D eigenvalue weighted by Crippen LogP contribution is 2.22. The summed E-state index contributed by atoms with van der Waals surface area (Å²) < 4.78 is 5.20. The molecule has 0 fully saturated rings. The number of nitrogens with one attached hydrogen (secondary N) is 1. The van der Waals surface area contributed by atoms with E-state index in [9.17, 15) is 9.59 Å². The van der Waals surface area contributed by atoms with E-state index in [0.717, 1.165) is 5.56 Å². The van der Waals surface area contributed by atoms with Gasteiger partial charge >= 0.3 is 5.97 Å². The second-order valence-corrected chi connectivity index (χ2v) is 5.46. The van der Waals surface area contributed by atoms with E-state index in [4.69, 9.17) is 9.52 Å². The van der Waals surface area contributed by atoms with Gasteiger partial charge in [0.05, 0.1) is 18.2 Å². The molecule has 2 aromatic rings. The van der Waals surface area contributed by atoms with E-state index < -0.39 is 11.5 Å². The molecule has 1 aromatic carbocycles. The minimum absolute atomic E-state index is 0.0953. The van der Waals surface area contributed by atoms with Gasteiger partial charge in [-0.15, -0.1) is 0 Å². The third kappa shape index (κ3) is 3.97. The lowest BCUT2D eigenvalue weighted by Crippen LogP contribution is -2.49. The van der Waals surface area contributed by atoms with Crippen molar-refractivity contribution in [2.24, 2.45) is 0 Å². The van der Waals surface area contributed by atoms with E-state index in [2.05, 4.69) is 10.3 Å². The van der Waals surface area contributed by atoms with Crippen molar-refractivity contribution in [3.8, 4) is 11.3 Å². The van der Waals surface area contributed by atoms with Gasteiger partial charge in [-0.1, -0.05) is 26.0 Å². The third-order valence-electron chi connectivity index (χ3n) is 4.09. The Hall–Kier alpha value is -2.63. The van der Waals surface area contributed by atoms with Crippen LogP contribution in [0.1, 0.15) is 43.5 Å². The van der Waals surface area contributed by atoms with E-state index in [1.165, 1.54) is 6.39 Å². The lowest BCUT2D eigenvalue weighted by molar-refractivity contribution is -0.138. The summed E-state index contributed by atoms with van der Waals surface area (Å²) in [6.07, 6.45) is 3.96. The van der Waals surface area contributed by atoms with Crippen LogP contribution in [0.15, 0.2) is 41.3 Å². The molecular formula is C17H20N2O4. The third-order valence-corrected chi connectivity index (χ3v) is 4.09. The molecule has 6 nitrogen and oxygen atoms in total. The summed E-state index contributed by atoms with van der Waals surface area (Å²) in [6, 6.07) is 6.91. The first-order chi connectivity index (χ1) is 11.0. The molecule has 122 valence electrons. The van der Waals surface area contributed by atoms with Crippen molar-refractivity contribution in [1.29, 1.82) is 0 Å². The van der Waals surface area contributed by atoms with Crippen LogP contribution in [0.2, 0.25) is 0 Å². The van der Waals surface area contributed by atoms with Crippen molar-refractivity contribution >= 4 is 11.9 Å². The van der Waals surface area contributed by atoms with Crippen molar-refractivity contribution in [2.75, 3.05) is 0 Å². The molecule has 2 N–H and O–H groups in total. The average Bonchev–Trinajstić information content (AvgIpc) is 3.08. The van der Waals surface area contributed by atoms with Crippen molar-refractivity contribution in [1.82, 2.24) is 10.3 Å². The van der Waals surface area contributed by atoms with E-state index in [1.807, 2.05) is 13.8 Å². The maximum absolute atomic E-state index is 12.4. The van der Waals surface area contributed by atoms with Crippen LogP contribution in [0, 0.1) is 0 Å². The molecule has 0 aliphatic heterocycles. The number of rotatable bonds is 7. The van der Waals surface area contributed by atoms with Crippen LogP contribution < -0.4 is 5.32 Å². The van der Waals surface area contributed by atoms with Gasteiger partial charge in [0.2, 0.25) is 0 Å².